The van der Waals surface area contributed by atoms with Crippen molar-refractivity contribution in [1.29, 1.82) is 0 Å². The molecule has 2 nitrogen and oxygen atoms in total. The smallest absolute Gasteiger partial charge is 0.0414 e. The minimum Gasteiger partial charge on any atom is -0.368 e. The van der Waals surface area contributed by atoms with Gasteiger partial charge in [0.05, 0.1) is 0 Å². The Bertz CT molecular complexity index is 362. The molecule has 1 fully saturated rings. The first kappa shape index (κ1) is 12.4. The molecule has 1 aliphatic heterocycles. The van der Waals surface area contributed by atoms with Crippen LogP contribution in [0.3, 0.4) is 0 Å². The van der Waals surface area contributed by atoms with Gasteiger partial charge in [-0.05, 0) is 37.4 Å². The summed E-state index contributed by atoms with van der Waals surface area (Å²) in [7, 11) is 0. The van der Waals surface area contributed by atoms with Gasteiger partial charge >= 0.3 is 0 Å². The molecule has 94 valence electrons. The molecule has 0 spiro atoms. The van der Waals surface area contributed by atoms with Crippen LogP contribution in [0.15, 0.2) is 24.3 Å². The molecule has 0 bridgehead atoms. The Labute approximate surface area is 105 Å². The first-order chi connectivity index (χ1) is 8.22. The Kier molecular flexibility index (Phi) is 4.06. The third-order valence-electron chi connectivity index (χ3n) is 3.65. The molecule has 1 aromatic carbocycles. The quantitative estimate of drug-likeness (QED) is 0.858. The molecule has 2 unspecified atom stereocenters. The highest BCUT2D eigenvalue weighted by atomic mass is 15.2. The van der Waals surface area contributed by atoms with Crippen LogP contribution in [0.4, 0.5) is 5.69 Å². The number of rotatable bonds is 4. The summed E-state index contributed by atoms with van der Waals surface area (Å²) in [6.07, 6.45) is 1.32. The molecule has 0 aliphatic carbocycles. The fourth-order valence-electron chi connectivity index (χ4n) is 2.84. The highest BCUT2D eigenvalue weighted by Gasteiger charge is 2.27. The molecule has 1 N–H and O–H groups in total. The number of benzene rings is 1. The average molecular weight is 232 g/mol. The van der Waals surface area contributed by atoms with E-state index in [1.54, 1.807) is 0 Å². The van der Waals surface area contributed by atoms with Gasteiger partial charge in [-0.3, -0.25) is 0 Å². The summed E-state index contributed by atoms with van der Waals surface area (Å²) in [6, 6.07) is 9.48. The van der Waals surface area contributed by atoms with Gasteiger partial charge in [0.1, 0.15) is 0 Å². The Morgan fingerprint density at radius 1 is 1.29 bits per heavy atom. The van der Waals surface area contributed by atoms with Crippen LogP contribution in [0.25, 0.3) is 0 Å². The zero-order valence-electron chi connectivity index (χ0n) is 11.2. The molecule has 1 aromatic rings. The number of hydrogen-bond donors (Lipinski definition) is 1. The fourth-order valence-corrected chi connectivity index (χ4v) is 2.84. The van der Waals surface area contributed by atoms with E-state index in [9.17, 15) is 0 Å². The lowest BCUT2D eigenvalue weighted by atomic mass is 10.1. The van der Waals surface area contributed by atoms with E-state index < -0.39 is 0 Å². The van der Waals surface area contributed by atoms with Gasteiger partial charge in [0.15, 0.2) is 0 Å². The summed E-state index contributed by atoms with van der Waals surface area (Å²) < 4.78 is 0. The minimum atomic E-state index is 0.674. The third kappa shape index (κ3) is 2.81. The lowest BCUT2D eigenvalue weighted by Gasteiger charge is -2.26. The second-order valence-corrected chi connectivity index (χ2v) is 5.25. The Hall–Kier alpha value is -1.02. The van der Waals surface area contributed by atoms with Gasteiger partial charge in [-0.25, -0.2) is 0 Å². The van der Waals surface area contributed by atoms with Crippen LogP contribution in [-0.4, -0.2) is 19.1 Å². The van der Waals surface area contributed by atoms with Crippen molar-refractivity contribution in [2.75, 3.05) is 18.0 Å². The molecule has 1 saturated heterocycles. The van der Waals surface area contributed by atoms with E-state index in [1.165, 1.54) is 24.2 Å². The van der Waals surface area contributed by atoms with E-state index in [2.05, 4.69) is 55.3 Å². The van der Waals surface area contributed by atoms with Crippen LogP contribution in [0, 0.1) is 5.92 Å². The summed E-state index contributed by atoms with van der Waals surface area (Å²) in [4.78, 5) is 2.57. The molecule has 0 amide bonds. The van der Waals surface area contributed by atoms with Gasteiger partial charge in [-0.15, -0.1) is 0 Å². The normalized spacial score (nSPS) is 24.3. The van der Waals surface area contributed by atoms with Gasteiger partial charge in [-0.1, -0.05) is 32.0 Å². The highest BCUT2D eigenvalue weighted by molar-refractivity contribution is 5.55. The Balaban J connectivity index is 2.19. The van der Waals surface area contributed by atoms with Gasteiger partial charge < -0.3 is 10.2 Å². The lowest BCUT2D eigenvalue weighted by molar-refractivity contribution is 0.625. The SMILES string of the molecule is CCNCc1ccccc1N1CC(C)CC1C. The standard InChI is InChI=1S/C15H24N2/c1-4-16-10-14-7-5-6-8-15(14)17-11-12(2)9-13(17)3/h5-8,12-13,16H,4,9-11H2,1-3H3. The lowest BCUT2D eigenvalue weighted by Crippen LogP contribution is -2.28. The van der Waals surface area contributed by atoms with Gasteiger partial charge in [0, 0.05) is 24.8 Å². The van der Waals surface area contributed by atoms with Crippen molar-refractivity contribution >= 4 is 5.69 Å². The minimum absolute atomic E-state index is 0.674. The van der Waals surface area contributed by atoms with Gasteiger partial charge in [0.2, 0.25) is 0 Å². The number of nitrogens with one attached hydrogen (secondary N) is 1. The molecular weight excluding hydrogens is 208 g/mol. The molecule has 1 heterocycles. The number of para-hydroxylation sites is 1. The van der Waals surface area contributed by atoms with Crippen molar-refractivity contribution in [2.24, 2.45) is 5.92 Å². The maximum Gasteiger partial charge on any atom is 0.0414 e. The predicted molar refractivity (Wildman–Crippen MR) is 74.4 cm³/mol. The molecule has 17 heavy (non-hydrogen) atoms. The maximum absolute atomic E-state index is 3.43. The van der Waals surface area contributed by atoms with E-state index in [1.807, 2.05) is 0 Å². The Morgan fingerprint density at radius 2 is 2.06 bits per heavy atom. The van der Waals surface area contributed by atoms with E-state index in [0.29, 0.717) is 6.04 Å². The molecular formula is C15H24N2. The highest BCUT2D eigenvalue weighted by Crippen LogP contribution is 2.31. The Morgan fingerprint density at radius 3 is 2.71 bits per heavy atom. The second kappa shape index (κ2) is 5.54. The zero-order valence-corrected chi connectivity index (χ0v) is 11.2. The molecule has 0 saturated carbocycles. The summed E-state index contributed by atoms with van der Waals surface area (Å²) in [5.74, 6) is 0.817. The first-order valence-electron chi connectivity index (χ1n) is 6.77. The zero-order chi connectivity index (χ0) is 12.3. The average Bonchev–Trinajstić information content (AvgIpc) is 2.66. The molecule has 0 aromatic heterocycles. The third-order valence-corrected chi connectivity index (χ3v) is 3.65. The van der Waals surface area contributed by atoms with Crippen molar-refractivity contribution in [3.8, 4) is 0 Å². The van der Waals surface area contributed by atoms with Crippen molar-refractivity contribution in [3.63, 3.8) is 0 Å². The summed E-state index contributed by atoms with van der Waals surface area (Å²) >= 11 is 0. The van der Waals surface area contributed by atoms with Crippen molar-refractivity contribution in [1.82, 2.24) is 5.32 Å². The van der Waals surface area contributed by atoms with Crippen LogP contribution in [-0.2, 0) is 6.54 Å². The van der Waals surface area contributed by atoms with Crippen LogP contribution in [0.1, 0.15) is 32.8 Å². The summed E-state index contributed by atoms with van der Waals surface area (Å²) in [5, 5.41) is 3.43. The maximum atomic E-state index is 3.43. The number of nitrogens with zero attached hydrogens (tertiary/aromatic N) is 1. The number of hydrogen-bond acceptors (Lipinski definition) is 2. The summed E-state index contributed by atoms with van der Waals surface area (Å²) in [6.45, 7) is 10.1. The fraction of sp³-hybridized carbons (Fsp3) is 0.600. The van der Waals surface area contributed by atoms with Crippen LogP contribution in [0.2, 0.25) is 0 Å². The van der Waals surface area contributed by atoms with Gasteiger partial charge in [-0.2, -0.15) is 0 Å². The van der Waals surface area contributed by atoms with E-state index in [0.717, 1.165) is 19.0 Å². The molecule has 2 atom stereocenters. The molecule has 1 aliphatic rings. The number of anilines is 1. The van der Waals surface area contributed by atoms with Crippen LogP contribution < -0.4 is 10.2 Å². The molecule has 0 radical (unpaired) electrons. The van der Waals surface area contributed by atoms with Crippen molar-refractivity contribution in [2.45, 2.75) is 39.8 Å². The second-order valence-electron chi connectivity index (χ2n) is 5.25. The largest absolute Gasteiger partial charge is 0.368 e. The first-order valence-corrected chi connectivity index (χ1v) is 6.77. The van der Waals surface area contributed by atoms with Crippen molar-refractivity contribution in [3.05, 3.63) is 29.8 Å². The predicted octanol–water partition coefficient (Wildman–Crippen LogP) is 3.03. The molecule has 2 rings (SSSR count). The molecule has 2 heteroatoms. The van der Waals surface area contributed by atoms with E-state index in [-0.39, 0.29) is 0 Å². The van der Waals surface area contributed by atoms with Gasteiger partial charge in [0.25, 0.3) is 0 Å². The van der Waals surface area contributed by atoms with Crippen molar-refractivity contribution < 1.29 is 0 Å². The van der Waals surface area contributed by atoms with E-state index in [4.69, 9.17) is 0 Å². The van der Waals surface area contributed by atoms with E-state index >= 15 is 0 Å². The summed E-state index contributed by atoms with van der Waals surface area (Å²) in [5.41, 5.74) is 2.85. The van der Waals surface area contributed by atoms with Crippen LogP contribution >= 0.6 is 0 Å². The van der Waals surface area contributed by atoms with Crippen LogP contribution in [0.5, 0.6) is 0 Å². The topological polar surface area (TPSA) is 15.3 Å². The monoisotopic (exact) mass is 232 g/mol.